The summed E-state index contributed by atoms with van der Waals surface area (Å²) >= 11 is 10.9. The van der Waals surface area contributed by atoms with Gasteiger partial charge in [0.25, 0.3) is 11.5 Å². The second-order valence-corrected chi connectivity index (χ2v) is 12.0. The quantitative estimate of drug-likeness (QED) is 0.591. The minimum absolute atomic E-state index is 0.0171. The topological polar surface area (TPSA) is 111 Å². The molecule has 8 nitrogen and oxygen atoms in total. The highest BCUT2D eigenvalue weighted by molar-refractivity contribution is 7.90. The average molecular weight is 515 g/mol. The van der Waals surface area contributed by atoms with Crippen molar-refractivity contribution in [2.45, 2.75) is 44.4 Å². The summed E-state index contributed by atoms with van der Waals surface area (Å²) in [5, 5.41) is 11.1. The molecule has 1 aromatic carbocycles. The Morgan fingerprint density at radius 3 is 2.45 bits per heavy atom. The lowest BCUT2D eigenvalue weighted by Crippen LogP contribution is -2.46. The number of nitrogens with one attached hydrogen (secondary N) is 1. The molecule has 2 atom stereocenters. The van der Waals surface area contributed by atoms with Crippen molar-refractivity contribution < 1.29 is 14.5 Å². The van der Waals surface area contributed by atoms with Gasteiger partial charge in [-0.2, -0.15) is 0 Å². The molecule has 2 N–H and O–H groups in total. The van der Waals surface area contributed by atoms with Crippen LogP contribution < -0.4 is 10.3 Å². The summed E-state index contributed by atoms with van der Waals surface area (Å²) in [5.41, 5.74) is 0.445. The van der Waals surface area contributed by atoms with E-state index in [9.17, 15) is 19.2 Å². The molecule has 180 valence electrons. The first-order chi connectivity index (χ1) is 15.4. The first kappa shape index (κ1) is 25.8. The first-order valence-electron chi connectivity index (χ1n) is 10.6. The highest BCUT2D eigenvalue weighted by atomic mass is 35.5. The smallest absolute Gasteiger partial charge is 0.273 e. The van der Waals surface area contributed by atoms with Crippen LogP contribution in [-0.2, 0) is 18.4 Å². The van der Waals surface area contributed by atoms with E-state index in [1.807, 2.05) is 20.8 Å². The Hall–Kier alpha value is -1.78. The van der Waals surface area contributed by atoms with Crippen molar-refractivity contribution in [1.82, 2.24) is 19.2 Å². The number of hydrogen-bond acceptors (Lipinski definition) is 6. The number of phenolic OH excluding ortho intramolecular Hbond substituents is 1. The number of piperidine rings is 1. The lowest BCUT2D eigenvalue weighted by Gasteiger charge is -2.37. The number of halogens is 2. The molecule has 33 heavy (non-hydrogen) atoms. The number of rotatable bonds is 5. The molecule has 11 heteroatoms. The van der Waals surface area contributed by atoms with Crippen LogP contribution in [-0.4, -0.2) is 47.9 Å². The Morgan fingerprint density at radius 1 is 1.27 bits per heavy atom. The second-order valence-electron chi connectivity index (χ2n) is 9.15. The van der Waals surface area contributed by atoms with Crippen LogP contribution in [0.15, 0.2) is 29.3 Å². The van der Waals surface area contributed by atoms with Gasteiger partial charge in [0.1, 0.15) is 16.2 Å². The Morgan fingerprint density at radius 2 is 1.88 bits per heavy atom. The largest absolute Gasteiger partial charge is 0.598 e. The Bertz CT molecular complexity index is 1080. The van der Waals surface area contributed by atoms with E-state index in [1.54, 1.807) is 18.0 Å². The minimum Gasteiger partial charge on any atom is -0.598 e. The van der Waals surface area contributed by atoms with Crippen molar-refractivity contribution in [3.05, 3.63) is 56.2 Å². The zero-order chi connectivity index (χ0) is 24.5. The van der Waals surface area contributed by atoms with Gasteiger partial charge in [-0.05, 0) is 45.6 Å². The van der Waals surface area contributed by atoms with Gasteiger partial charge in [-0.3, -0.25) is 9.59 Å². The van der Waals surface area contributed by atoms with Gasteiger partial charge in [0.15, 0.2) is 0 Å². The number of aryl methyl sites for hydroxylation is 1. The van der Waals surface area contributed by atoms with Crippen LogP contribution in [0.4, 0.5) is 0 Å². The summed E-state index contributed by atoms with van der Waals surface area (Å²) in [4.78, 5) is 30.1. The number of likely N-dealkylation sites (tertiary alicyclic amines) is 1. The summed E-state index contributed by atoms with van der Waals surface area (Å²) in [5.74, 6) is -0.290. The van der Waals surface area contributed by atoms with E-state index in [1.165, 1.54) is 16.8 Å². The predicted octanol–water partition coefficient (Wildman–Crippen LogP) is 3.44. The molecule has 0 saturated carbocycles. The molecule has 1 aliphatic heterocycles. The third-order valence-electron chi connectivity index (χ3n) is 5.69. The lowest BCUT2D eigenvalue weighted by molar-refractivity contribution is 0.0667. The van der Waals surface area contributed by atoms with Crippen LogP contribution in [0, 0.1) is 5.92 Å². The van der Waals surface area contributed by atoms with Crippen LogP contribution in [0.2, 0.25) is 10.0 Å². The van der Waals surface area contributed by atoms with Crippen molar-refractivity contribution >= 4 is 40.5 Å². The van der Waals surface area contributed by atoms with Crippen LogP contribution in [0.1, 0.15) is 55.7 Å². The zero-order valence-corrected chi connectivity index (χ0v) is 21.3. The molecule has 2 aromatic rings. The summed E-state index contributed by atoms with van der Waals surface area (Å²) in [6.45, 7) is 6.50. The lowest BCUT2D eigenvalue weighted by atomic mass is 9.85. The molecule has 0 spiro atoms. The Kier molecular flexibility index (Phi) is 8.01. The maximum absolute atomic E-state index is 12.9. The molecule has 1 unspecified atom stereocenters. The molecule has 1 aromatic heterocycles. The normalized spacial score (nSPS) is 17.1. The second kappa shape index (κ2) is 10.2. The van der Waals surface area contributed by atoms with Gasteiger partial charge >= 0.3 is 0 Å². The third-order valence-corrected chi connectivity index (χ3v) is 7.99. The highest BCUT2D eigenvalue weighted by Crippen LogP contribution is 2.40. The third kappa shape index (κ3) is 6.02. The van der Waals surface area contributed by atoms with Crippen molar-refractivity contribution in [2.24, 2.45) is 13.0 Å². The van der Waals surface area contributed by atoms with Crippen molar-refractivity contribution in [1.29, 1.82) is 0 Å². The monoisotopic (exact) mass is 514 g/mol. The fourth-order valence-electron chi connectivity index (χ4n) is 3.71. The van der Waals surface area contributed by atoms with Gasteiger partial charge in [-0.15, -0.1) is 4.72 Å². The van der Waals surface area contributed by atoms with Gasteiger partial charge < -0.3 is 19.1 Å². The van der Waals surface area contributed by atoms with Crippen LogP contribution in [0.25, 0.3) is 0 Å². The summed E-state index contributed by atoms with van der Waals surface area (Å²) in [6, 6.07) is 2.54. The van der Waals surface area contributed by atoms with Crippen molar-refractivity contribution in [3.8, 4) is 5.75 Å². The standard InChI is InChI=1S/C22H28Cl2N4O4S/c1-22(2,3)33(32)26-20(14-9-15(23)16(24)10-18(14)29)13-5-7-28(8-6-13)21(31)17-12-27(4)19(30)11-25-17/h9-13,20,26,29H,5-8H2,1-4H3/t20?,33-/m0/s1. The fraction of sp³-hybridized carbons (Fsp3) is 0.500. The van der Waals surface area contributed by atoms with E-state index >= 15 is 0 Å². The van der Waals surface area contributed by atoms with Crippen molar-refractivity contribution in [3.63, 3.8) is 0 Å². The van der Waals surface area contributed by atoms with E-state index in [4.69, 9.17) is 23.2 Å². The fourth-order valence-corrected chi connectivity index (χ4v) is 4.94. The summed E-state index contributed by atoms with van der Waals surface area (Å²) < 4.78 is 16.9. The first-order valence-corrected chi connectivity index (χ1v) is 12.5. The van der Waals surface area contributed by atoms with Gasteiger partial charge in [0.05, 0.1) is 22.3 Å². The van der Waals surface area contributed by atoms with Gasteiger partial charge in [-0.1, -0.05) is 23.2 Å². The molecule has 3 rings (SSSR count). The SMILES string of the molecule is Cn1cc(C(=O)N2CCC(C(N[S@@+]([O-])C(C)(C)C)c3cc(Cl)c(Cl)cc3O)CC2)ncc1=O. The minimum atomic E-state index is -1.40. The number of amides is 1. The van der Waals surface area contributed by atoms with Crippen molar-refractivity contribution in [2.75, 3.05) is 13.1 Å². The maximum Gasteiger partial charge on any atom is 0.273 e. The van der Waals surface area contributed by atoms with Crippen LogP contribution >= 0.6 is 23.2 Å². The van der Waals surface area contributed by atoms with Crippen LogP contribution in [0.3, 0.4) is 0 Å². The number of benzene rings is 1. The molecule has 0 radical (unpaired) electrons. The molecule has 1 aliphatic rings. The number of carbonyl (C=O) groups is 1. The highest BCUT2D eigenvalue weighted by Gasteiger charge is 2.37. The number of carbonyl (C=O) groups excluding carboxylic acids is 1. The Labute approximate surface area is 206 Å². The maximum atomic E-state index is 12.9. The molecule has 0 aliphatic carbocycles. The predicted molar refractivity (Wildman–Crippen MR) is 130 cm³/mol. The number of aromatic nitrogens is 2. The van der Waals surface area contributed by atoms with E-state index < -0.39 is 22.2 Å². The van der Waals surface area contributed by atoms with Gasteiger partial charge in [-0.25, -0.2) is 4.98 Å². The number of nitrogens with zero attached hydrogens (tertiary/aromatic N) is 3. The van der Waals surface area contributed by atoms with E-state index in [0.717, 1.165) is 6.20 Å². The Balaban J connectivity index is 1.81. The zero-order valence-electron chi connectivity index (χ0n) is 19.0. The summed E-state index contributed by atoms with van der Waals surface area (Å²) in [6.07, 6.45) is 3.78. The molecule has 1 fully saturated rings. The van der Waals surface area contributed by atoms with E-state index in [0.29, 0.717) is 36.5 Å². The number of phenols is 1. The molecule has 0 bridgehead atoms. The molecular weight excluding hydrogens is 487 g/mol. The van der Waals surface area contributed by atoms with Crippen LogP contribution in [0.5, 0.6) is 5.75 Å². The average Bonchev–Trinajstić information content (AvgIpc) is 2.75. The molecular formula is C22H28Cl2N4O4S. The summed E-state index contributed by atoms with van der Waals surface area (Å²) in [7, 11) is 1.57. The molecule has 2 heterocycles. The molecule has 1 amide bonds. The van der Waals surface area contributed by atoms with E-state index in [-0.39, 0.29) is 33.9 Å². The number of hydrogen-bond donors (Lipinski definition) is 2. The molecule has 1 saturated heterocycles. The number of aromatic hydroxyl groups is 1. The van der Waals surface area contributed by atoms with E-state index in [2.05, 4.69) is 9.71 Å². The van der Waals surface area contributed by atoms with Gasteiger partial charge in [0, 0.05) is 49.3 Å². The van der Waals surface area contributed by atoms with Gasteiger partial charge in [0.2, 0.25) is 0 Å².